The molecule has 1 unspecified atom stereocenters. The molecule has 2 heterocycles. The number of halogens is 1. The van der Waals surface area contributed by atoms with Gasteiger partial charge in [0.1, 0.15) is 13.2 Å². The quantitative estimate of drug-likeness (QED) is 0.811. The van der Waals surface area contributed by atoms with Gasteiger partial charge >= 0.3 is 0 Å². The molecule has 132 valence electrons. The molecule has 6 heteroatoms. The van der Waals surface area contributed by atoms with Crippen molar-refractivity contribution in [3.05, 3.63) is 82.8 Å². The average molecular weight is 369 g/mol. The highest BCUT2D eigenvalue weighted by atomic mass is 35.5. The second-order valence-corrected chi connectivity index (χ2v) is 6.48. The summed E-state index contributed by atoms with van der Waals surface area (Å²) in [6.07, 6.45) is 1.69. The highest BCUT2D eigenvalue weighted by Crippen LogP contribution is 2.34. The van der Waals surface area contributed by atoms with E-state index < -0.39 is 0 Å². The first-order chi connectivity index (χ1) is 12.6. The maximum atomic E-state index is 13.1. The minimum Gasteiger partial charge on any atom is -0.486 e. The van der Waals surface area contributed by atoms with Crippen molar-refractivity contribution >= 4 is 17.4 Å². The third kappa shape index (κ3) is 3.13. The van der Waals surface area contributed by atoms with Gasteiger partial charge < -0.3 is 20.1 Å². The topological polar surface area (TPSA) is 59.6 Å². The normalized spacial score (nSPS) is 18.4. The maximum Gasteiger partial charge on any atom is 0.193 e. The number of carbonyl (C=O) groups excluding carboxylic acids is 1. The number of ether oxygens (including phenoxy) is 2. The average Bonchev–Trinajstić information content (AvgIpc) is 2.67. The summed E-state index contributed by atoms with van der Waals surface area (Å²) in [6.45, 7) is 4.88. The Morgan fingerprint density at radius 3 is 2.58 bits per heavy atom. The number of Topliss-reactive ketones (excluding diaryl/α,β-unsaturated/α-hetero) is 1. The fourth-order valence-corrected chi connectivity index (χ4v) is 3.13. The van der Waals surface area contributed by atoms with Crippen LogP contribution in [0, 0.1) is 0 Å². The van der Waals surface area contributed by atoms with E-state index >= 15 is 0 Å². The van der Waals surface area contributed by atoms with E-state index in [4.69, 9.17) is 21.1 Å². The van der Waals surface area contributed by atoms with Gasteiger partial charge in [0, 0.05) is 22.4 Å². The lowest BCUT2D eigenvalue weighted by Crippen LogP contribution is -2.35. The summed E-state index contributed by atoms with van der Waals surface area (Å²) in [5, 5.41) is 6.85. The molecule has 2 aliphatic rings. The van der Waals surface area contributed by atoms with E-state index in [1.54, 1.807) is 36.5 Å². The van der Waals surface area contributed by atoms with E-state index in [-0.39, 0.29) is 11.8 Å². The van der Waals surface area contributed by atoms with Gasteiger partial charge in [-0.15, -0.1) is 0 Å². The molecule has 0 aromatic heterocycles. The molecule has 4 rings (SSSR count). The van der Waals surface area contributed by atoms with E-state index in [1.807, 2.05) is 12.1 Å². The maximum absolute atomic E-state index is 13.1. The molecule has 0 radical (unpaired) electrons. The van der Waals surface area contributed by atoms with E-state index in [1.165, 1.54) is 0 Å². The van der Waals surface area contributed by atoms with Crippen molar-refractivity contribution < 1.29 is 14.3 Å². The Morgan fingerprint density at radius 1 is 1.08 bits per heavy atom. The molecule has 0 aliphatic carbocycles. The van der Waals surface area contributed by atoms with Crippen LogP contribution < -0.4 is 20.1 Å². The molecular formula is C20H17ClN2O3. The highest BCUT2D eigenvalue weighted by molar-refractivity contribution is 6.30. The SMILES string of the molecule is C=C1NC=C(C(=O)c2ccc3c(c2)OCCO3)C(c2ccc(Cl)cc2)N1. The van der Waals surface area contributed by atoms with Crippen molar-refractivity contribution in [2.24, 2.45) is 0 Å². The Bertz CT molecular complexity index is 906. The molecule has 0 bridgehead atoms. The number of hydrogen-bond donors (Lipinski definition) is 2. The number of carbonyl (C=O) groups is 1. The van der Waals surface area contributed by atoms with Crippen LogP contribution in [-0.2, 0) is 0 Å². The van der Waals surface area contributed by atoms with Gasteiger partial charge in [-0.1, -0.05) is 30.3 Å². The van der Waals surface area contributed by atoms with Crippen LogP contribution in [0.15, 0.2) is 66.6 Å². The molecule has 0 saturated carbocycles. The van der Waals surface area contributed by atoms with Gasteiger partial charge in [0.15, 0.2) is 17.3 Å². The van der Waals surface area contributed by atoms with Gasteiger partial charge in [0.25, 0.3) is 0 Å². The monoisotopic (exact) mass is 368 g/mol. The van der Waals surface area contributed by atoms with Crippen molar-refractivity contribution in [3.8, 4) is 11.5 Å². The molecule has 26 heavy (non-hydrogen) atoms. The van der Waals surface area contributed by atoms with Gasteiger partial charge in [-0.2, -0.15) is 0 Å². The van der Waals surface area contributed by atoms with Gasteiger partial charge in [-0.05, 0) is 35.9 Å². The van der Waals surface area contributed by atoms with E-state index in [0.29, 0.717) is 46.7 Å². The molecule has 1 atom stereocenters. The first-order valence-corrected chi connectivity index (χ1v) is 8.61. The Kier molecular flexibility index (Phi) is 4.31. The van der Waals surface area contributed by atoms with Crippen LogP contribution in [0.3, 0.4) is 0 Å². The molecule has 0 saturated heterocycles. The molecule has 2 aliphatic heterocycles. The number of fused-ring (bicyclic) bond motifs is 1. The van der Waals surface area contributed by atoms with Crippen LogP contribution in [0.4, 0.5) is 0 Å². The largest absolute Gasteiger partial charge is 0.486 e. The molecular weight excluding hydrogens is 352 g/mol. The molecule has 2 aromatic carbocycles. The van der Waals surface area contributed by atoms with Crippen LogP contribution in [0.25, 0.3) is 0 Å². The number of nitrogens with one attached hydrogen (secondary N) is 2. The first kappa shape index (κ1) is 16.5. The van der Waals surface area contributed by atoms with Gasteiger partial charge in [-0.3, -0.25) is 4.79 Å². The fraction of sp³-hybridized carbons (Fsp3) is 0.150. The third-order valence-corrected chi connectivity index (χ3v) is 4.55. The minimum atomic E-state index is -0.318. The summed E-state index contributed by atoms with van der Waals surface area (Å²) >= 11 is 5.98. The zero-order valence-corrected chi connectivity index (χ0v) is 14.7. The summed E-state index contributed by atoms with van der Waals surface area (Å²) in [5.74, 6) is 1.77. The van der Waals surface area contributed by atoms with Crippen molar-refractivity contribution in [2.45, 2.75) is 6.04 Å². The standard InChI is InChI=1S/C20H17ClN2O3/c1-12-22-11-16(19(23-12)13-2-5-15(21)6-3-13)20(24)14-4-7-17-18(10-14)26-9-8-25-17/h2-7,10-11,19,22-23H,1,8-9H2. The molecule has 2 aromatic rings. The Labute approximate surface area is 156 Å². The molecule has 0 fully saturated rings. The van der Waals surface area contributed by atoms with Crippen LogP contribution in [0.5, 0.6) is 11.5 Å². The van der Waals surface area contributed by atoms with Crippen LogP contribution >= 0.6 is 11.6 Å². The summed E-state index contributed by atoms with van der Waals surface area (Å²) < 4.78 is 11.1. The summed E-state index contributed by atoms with van der Waals surface area (Å²) in [6, 6.07) is 12.3. The summed E-state index contributed by atoms with van der Waals surface area (Å²) in [5.41, 5.74) is 2.04. The lowest BCUT2D eigenvalue weighted by molar-refractivity contribution is 0.102. The predicted molar refractivity (Wildman–Crippen MR) is 99.4 cm³/mol. The third-order valence-electron chi connectivity index (χ3n) is 4.30. The molecule has 5 nitrogen and oxygen atoms in total. The van der Waals surface area contributed by atoms with Crippen LogP contribution in [0.2, 0.25) is 5.02 Å². The van der Waals surface area contributed by atoms with Gasteiger partial charge in [0.2, 0.25) is 0 Å². The zero-order chi connectivity index (χ0) is 18.1. The van der Waals surface area contributed by atoms with Crippen LogP contribution in [-0.4, -0.2) is 19.0 Å². The first-order valence-electron chi connectivity index (χ1n) is 8.24. The second kappa shape index (κ2) is 6.77. The lowest BCUT2D eigenvalue weighted by Gasteiger charge is -2.28. The summed E-state index contributed by atoms with van der Waals surface area (Å²) in [7, 11) is 0. The second-order valence-electron chi connectivity index (χ2n) is 6.04. The zero-order valence-electron chi connectivity index (χ0n) is 13.9. The molecule has 2 N–H and O–H groups in total. The minimum absolute atomic E-state index is 0.102. The highest BCUT2D eigenvalue weighted by Gasteiger charge is 2.27. The van der Waals surface area contributed by atoms with Gasteiger partial charge in [0.05, 0.1) is 11.9 Å². The Morgan fingerprint density at radius 2 is 1.81 bits per heavy atom. The smallest absolute Gasteiger partial charge is 0.193 e. The van der Waals surface area contributed by atoms with Gasteiger partial charge in [-0.25, -0.2) is 0 Å². The van der Waals surface area contributed by atoms with Crippen molar-refractivity contribution in [1.82, 2.24) is 10.6 Å². The lowest BCUT2D eigenvalue weighted by atomic mass is 9.91. The van der Waals surface area contributed by atoms with Crippen molar-refractivity contribution in [2.75, 3.05) is 13.2 Å². The molecule has 0 spiro atoms. The van der Waals surface area contributed by atoms with Crippen molar-refractivity contribution in [3.63, 3.8) is 0 Å². The summed E-state index contributed by atoms with van der Waals surface area (Å²) in [4.78, 5) is 13.1. The number of hydrogen-bond acceptors (Lipinski definition) is 5. The Balaban J connectivity index is 1.68. The van der Waals surface area contributed by atoms with Crippen molar-refractivity contribution in [1.29, 1.82) is 0 Å². The number of benzene rings is 2. The van der Waals surface area contributed by atoms with E-state index in [0.717, 1.165) is 5.56 Å². The Hall–Kier alpha value is -2.92. The van der Waals surface area contributed by atoms with Crippen LogP contribution in [0.1, 0.15) is 22.0 Å². The predicted octanol–water partition coefficient (Wildman–Crippen LogP) is 3.58. The van der Waals surface area contributed by atoms with E-state index in [2.05, 4.69) is 17.2 Å². The number of rotatable bonds is 3. The fourth-order valence-electron chi connectivity index (χ4n) is 3.01. The molecule has 0 amide bonds. The number of ketones is 1. The van der Waals surface area contributed by atoms with E-state index in [9.17, 15) is 4.79 Å².